The second-order valence-electron chi connectivity index (χ2n) is 1.49. The van der Waals surface area contributed by atoms with Gasteiger partial charge in [-0.3, -0.25) is 4.55 Å². The third-order valence-electron chi connectivity index (χ3n) is 0.802. The van der Waals surface area contributed by atoms with Gasteiger partial charge in [-0.05, 0) is 22.6 Å². The van der Waals surface area contributed by atoms with Gasteiger partial charge in [0.15, 0.2) is 0 Å². The van der Waals surface area contributed by atoms with Crippen LogP contribution in [0.1, 0.15) is 5.69 Å². The molecule has 0 spiro atoms. The maximum Gasteiger partial charge on any atom is 0.283 e. The Bertz CT molecular complexity index is 284. The summed E-state index contributed by atoms with van der Waals surface area (Å²) in [4.78, 5) is 3.90. The Morgan fingerprint density at radius 3 is 3.09 bits per heavy atom. The number of nitrogens with zero attached hydrogens (tertiary/aromatic N) is 2. The molecule has 0 saturated heterocycles. The van der Waals surface area contributed by atoms with Crippen LogP contribution in [-0.4, -0.2) is 17.5 Å². The second-order valence-corrected chi connectivity index (χ2v) is 3.87. The lowest BCUT2D eigenvalue weighted by Gasteiger charge is -1.87. The zero-order valence-corrected chi connectivity index (χ0v) is 8.89. The molecule has 7 heteroatoms. The zero-order valence-electron chi connectivity index (χ0n) is 5.10. The van der Waals surface area contributed by atoms with E-state index in [2.05, 4.69) is 9.38 Å². The fourth-order valence-electron chi connectivity index (χ4n) is 0.430. The summed E-state index contributed by atoms with van der Waals surface area (Å²) in [6, 6.07) is 0. The number of hydrogen-bond acceptors (Lipinski definition) is 3. The minimum atomic E-state index is -2.14. The summed E-state index contributed by atoms with van der Waals surface area (Å²) < 4.78 is 22.4. The first-order chi connectivity index (χ1) is 5.20. The Morgan fingerprint density at radius 1 is 1.91 bits per heavy atom. The molecule has 0 saturated carbocycles. The summed E-state index contributed by atoms with van der Waals surface area (Å²) in [7, 11) is 0. The maximum absolute atomic E-state index is 10.2. The molecule has 0 radical (unpaired) electrons. The van der Waals surface area contributed by atoms with Crippen LogP contribution < -0.4 is 0 Å². The molecule has 1 atom stereocenters. The lowest BCUT2D eigenvalue weighted by Crippen LogP contribution is -1.92. The summed E-state index contributed by atoms with van der Waals surface area (Å²) in [5, 5.41) is 1.76. The van der Waals surface area contributed by atoms with Crippen LogP contribution in [-0.2, 0) is 11.3 Å². The van der Waals surface area contributed by atoms with E-state index in [1.807, 2.05) is 22.6 Å². The molecule has 0 aliphatic rings. The van der Waals surface area contributed by atoms with Crippen molar-refractivity contribution >= 4 is 48.9 Å². The van der Waals surface area contributed by atoms with Crippen LogP contribution in [0.3, 0.4) is 0 Å². The molecule has 60 valence electrons. The van der Waals surface area contributed by atoms with Crippen molar-refractivity contribution in [1.82, 2.24) is 4.98 Å². The molecule has 4 nitrogen and oxygen atoms in total. The Balaban J connectivity index is 2.86. The lowest BCUT2D eigenvalue weighted by atomic mass is 10.6. The van der Waals surface area contributed by atoms with Gasteiger partial charge >= 0.3 is 0 Å². The maximum atomic E-state index is 10.2. The summed E-state index contributed by atoms with van der Waals surface area (Å²) in [5.74, 6) is 0. The van der Waals surface area contributed by atoms with Gasteiger partial charge in [-0.15, -0.1) is 11.3 Å². The molecule has 0 amide bonds. The molecule has 1 unspecified atom stereocenters. The van der Waals surface area contributed by atoms with E-state index in [0.29, 0.717) is 9.41 Å². The zero-order chi connectivity index (χ0) is 8.27. The molecule has 0 fully saturated rings. The highest BCUT2D eigenvalue weighted by Gasteiger charge is 2.01. The molecular formula is C4H3IN2O2S2. The Kier molecular flexibility index (Phi) is 3.55. The first-order valence-corrected chi connectivity index (χ1v) is 5.52. The molecule has 0 bridgehead atoms. The van der Waals surface area contributed by atoms with Gasteiger partial charge in [0.05, 0.1) is 5.51 Å². The third-order valence-corrected chi connectivity index (χ3v) is 2.85. The van der Waals surface area contributed by atoms with Crippen molar-refractivity contribution in [3.63, 3.8) is 0 Å². The number of hydrogen-bond donors (Lipinski definition) is 1. The fourth-order valence-corrected chi connectivity index (χ4v) is 2.21. The molecule has 0 aromatic carbocycles. The van der Waals surface area contributed by atoms with Crippen molar-refractivity contribution in [2.45, 2.75) is 0 Å². The van der Waals surface area contributed by atoms with E-state index in [-0.39, 0.29) is 0 Å². The summed E-state index contributed by atoms with van der Waals surface area (Å²) in [6.45, 7) is 0. The minimum absolute atomic E-state index is 0.449. The highest BCUT2D eigenvalue weighted by Crippen LogP contribution is 2.08. The molecular weight excluding hydrogens is 299 g/mol. The average Bonchev–Trinajstić information content (AvgIpc) is 2.35. The van der Waals surface area contributed by atoms with Gasteiger partial charge < -0.3 is 0 Å². The van der Waals surface area contributed by atoms with E-state index in [1.54, 1.807) is 10.9 Å². The quantitative estimate of drug-likeness (QED) is 0.511. The van der Waals surface area contributed by atoms with Gasteiger partial charge in [0.1, 0.15) is 9.41 Å². The van der Waals surface area contributed by atoms with Crippen molar-refractivity contribution in [2.24, 2.45) is 4.40 Å². The second kappa shape index (κ2) is 4.24. The molecule has 0 aliphatic carbocycles. The van der Waals surface area contributed by atoms with Crippen LogP contribution in [0.4, 0.5) is 0 Å². The third kappa shape index (κ3) is 2.93. The predicted molar refractivity (Wildman–Crippen MR) is 53.4 cm³/mol. The summed E-state index contributed by atoms with van der Waals surface area (Å²) >= 11 is 1.14. The van der Waals surface area contributed by atoms with Crippen LogP contribution in [0.25, 0.3) is 0 Å². The summed E-state index contributed by atoms with van der Waals surface area (Å²) in [6.07, 6.45) is 0. The van der Waals surface area contributed by atoms with Crippen molar-refractivity contribution in [3.05, 3.63) is 16.6 Å². The van der Waals surface area contributed by atoms with E-state index in [1.165, 1.54) is 11.3 Å². The van der Waals surface area contributed by atoms with Crippen molar-refractivity contribution < 1.29 is 8.76 Å². The molecule has 1 aromatic heterocycles. The number of aromatic nitrogens is 1. The van der Waals surface area contributed by atoms with Crippen molar-refractivity contribution in [2.75, 3.05) is 0 Å². The van der Waals surface area contributed by atoms with Crippen LogP contribution in [0, 0.1) is 0 Å². The Morgan fingerprint density at radius 2 is 2.64 bits per heavy atom. The van der Waals surface area contributed by atoms with Gasteiger partial charge in [-0.1, -0.05) is 0 Å². The number of thiazole rings is 1. The smallest absolute Gasteiger partial charge is 0.283 e. The monoisotopic (exact) mass is 302 g/mol. The SMILES string of the molecule is O=S(O)N=C(I)c1cscn1. The highest BCUT2D eigenvalue weighted by atomic mass is 127. The number of rotatable bonds is 2. The van der Waals surface area contributed by atoms with E-state index in [4.69, 9.17) is 4.55 Å². The van der Waals surface area contributed by atoms with Crippen molar-refractivity contribution in [1.29, 1.82) is 0 Å². The fraction of sp³-hybridized carbons (Fsp3) is 0. The van der Waals surface area contributed by atoms with Crippen molar-refractivity contribution in [3.8, 4) is 0 Å². The van der Waals surface area contributed by atoms with Gasteiger partial charge in [0, 0.05) is 5.38 Å². The Hall–Kier alpha value is 0.140. The van der Waals surface area contributed by atoms with Crippen LogP contribution >= 0.6 is 33.9 Å². The van der Waals surface area contributed by atoms with Crippen LogP contribution in [0.15, 0.2) is 15.3 Å². The van der Waals surface area contributed by atoms with E-state index in [0.717, 1.165) is 0 Å². The molecule has 1 aromatic rings. The number of halogens is 1. The van der Waals surface area contributed by atoms with Gasteiger partial charge in [0.2, 0.25) is 0 Å². The molecule has 1 heterocycles. The summed E-state index contributed by atoms with van der Waals surface area (Å²) in [5.41, 5.74) is 2.28. The van der Waals surface area contributed by atoms with Gasteiger partial charge in [0.25, 0.3) is 11.3 Å². The molecule has 11 heavy (non-hydrogen) atoms. The van der Waals surface area contributed by atoms with E-state index >= 15 is 0 Å². The molecule has 1 N–H and O–H groups in total. The van der Waals surface area contributed by atoms with E-state index in [9.17, 15) is 4.21 Å². The first kappa shape index (κ1) is 9.23. The molecule has 1 rings (SSSR count). The van der Waals surface area contributed by atoms with Gasteiger partial charge in [-0.25, -0.2) is 9.19 Å². The van der Waals surface area contributed by atoms with Crippen LogP contribution in [0.2, 0.25) is 0 Å². The minimum Gasteiger partial charge on any atom is -0.288 e. The average molecular weight is 302 g/mol. The molecule has 0 aliphatic heterocycles. The first-order valence-electron chi connectivity index (χ1n) is 2.44. The van der Waals surface area contributed by atoms with Gasteiger partial charge in [-0.2, -0.15) is 4.40 Å². The topological polar surface area (TPSA) is 62.5 Å². The van der Waals surface area contributed by atoms with E-state index < -0.39 is 11.3 Å². The van der Waals surface area contributed by atoms with Crippen LogP contribution in [0.5, 0.6) is 0 Å². The lowest BCUT2D eigenvalue weighted by molar-refractivity contribution is 0.566. The standard InChI is InChI=1S/C4H3IN2O2S2/c5-4(7-11(8)9)3-1-10-2-6-3/h1-2H,(H,8,9). The largest absolute Gasteiger partial charge is 0.288 e. The Labute approximate surface area is 83.3 Å². The highest BCUT2D eigenvalue weighted by molar-refractivity contribution is 14.1. The normalized spacial score (nSPS) is 14.9. The predicted octanol–water partition coefficient (Wildman–Crippen LogP) is 1.46.